The Kier molecular flexibility index (Phi) is 5.22. The Bertz CT molecular complexity index is 318. The summed E-state index contributed by atoms with van der Waals surface area (Å²) in [7, 11) is 0. The van der Waals surface area contributed by atoms with Gasteiger partial charge in [0.2, 0.25) is 0 Å². The van der Waals surface area contributed by atoms with Gasteiger partial charge in [0, 0.05) is 31.5 Å². The Balaban J connectivity index is 1.94. The van der Waals surface area contributed by atoms with Crippen LogP contribution in [0.4, 0.5) is 0 Å². The topological polar surface area (TPSA) is 0 Å². The van der Waals surface area contributed by atoms with E-state index in [1.165, 1.54) is 0 Å². The molecule has 0 bridgehead atoms. The van der Waals surface area contributed by atoms with Crippen LogP contribution < -0.4 is 0 Å². The summed E-state index contributed by atoms with van der Waals surface area (Å²) in [5.74, 6) is 0. The standard InChI is InChI=1S/C10H12S8/c1-13-3-5-7(17-9(11)15-5)4(14-2)8-6(3)16-10(12)18-8/h3-8H,1-2H3. The molecule has 0 nitrogen and oxygen atoms in total. The summed E-state index contributed by atoms with van der Waals surface area (Å²) in [6.45, 7) is 0. The SMILES string of the molecule is CSC1C2SC(=S)SC2C(SC)C2SC(=S)SC12. The van der Waals surface area contributed by atoms with Crippen molar-refractivity contribution in [3.8, 4) is 0 Å². The molecule has 0 aromatic rings. The quantitative estimate of drug-likeness (QED) is 0.627. The minimum Gasteiger partial charge on any atom is -0.160 e. The van der Waals surface area contributed by atoms with Gasteiger partial charge in [-0.1, -0.05) is 24.4 Å². The summed E-state index contributed by atoms with van der Waals surface area (Å²) < 4.78 is 2.31. The van der Waals surface area contributed by atoms with Crippen molar-refractivity contribution in [2.75, 3.05) is 12.5 Å². The Labute approximate surface area is 144 Å². The van der Waals surface area contributed by atoms with Crippen LogP contribution >= 0.6 is 95.0 Å². The normalized spacial score (nSPS) is 47.2. The lowest BCUT2D eigenvalue weighted by atomic mass is 9.97. The van der Waals surface area contributed by atoms with Gasteiger partial charge in [-0.25, -0.2) is 0 Å². The van der Waals surface area contributed by atoms with Crippen molar-refractivity contribution < 1.29 is 0 Å². The number of fused-ring (bicyclic) bond motifs is 2. The van der Waals surface area contributed by atoms with Gasteiger partial charge in [-0.05, 0) is 12.5 Å². The van der Waals surface area contributed by atoms with E-state index in [0.29, 0.717) is 31.5 Å². The summed E-state index contributed by atoms with van der Waals surface area (Å²) in [6.07, 6.45) is 4.49. The highest BCUT2D eigenvalue weighted by atomic mass is 32.2. The maximum atomic E-state index is 5.46. The molecule has 0 spiro atoms. The van der Waals surface area contributed by atoms with Gasteiger partial charge in [0.15, 0.2) is 0 Å². The summed E-state index contributed by atoms with van der Waals surface area (Å²) in [4.78, 5) is 0. The Hall–Kier alpha value is 2.28. The molecule has 2 heterocycles. The predicted molar refractivity (Wildman–Crippen MR) is 105 cm³/mol. The molecule has 0 aromatic carbocycles. The van der Waals surface area contributed by atoms with Gasteiger partial charge in [0.05, 0.1) is 0 Å². The third-order valence-electron chi connectivity index (χ3n) is 3.42. The van der Waals surface area contributed by atoms with Gasteiger partial charge in [-0.3, -0.25) is 0 Å². The first kappa shape index (κ1) is 15.2. The molecule has 3 aliphatic rings. The molecule has 3 rings (SSSR count). The van der Waals surface area contributed by atoms with Crippen molar-refractivity contribution in [2.24, 2.45) is 0 Å². The second-order valence-corrected chi connectivity index (χ2v) is 13.4. The van der Waals surface area contributed by atoms with Crippen LogP contribution in [0, 0.1) is 0 Å². The van der Waals surface area contributed by atoms with Crippen LogP contribution in [0.25, 0.3) is 0 Å². The van der Waals surface area contributed by atoms with Gasteiger partial charge < -0.3 is 0 Å². The van der Waals surface area contributed by atoms with Crippen molar-refractivity contribution in [3.63, 3.8) is 0 Å². The molecule has 1 saturated carbocycles. The molecule has 0 amide bonds. The molecule has 1 aliphatic carbocycles. The van der Waals surface area contributed by atoms with Crippen molar-refractivity contribution in [3.05, 3.63) is 0 Å². The molecule has 0 radical (unpaired) electrons. The molecule has 3 fully saturated rings. The maximum absolute atomic E-state index is 5.46. The molecule has 0 N–H and O–H groups in total. The third kappa shape index (κ3) is 2.55. The van der Waals surface area contributed by atoms with Gasteiger partial charge in [-0.2, -0.15) is 23.5 Å². The van der Waals surface area contributed by atoms with E-state index in [9.17, 15) is 0 Å². The van der Waals surface area contributed by atoms with Crippen LogP contribution in [0.1, 0.15) is 0 Å². The predicted octanol–water partition coefficient (Wildman–Crippen LogP) is 4.47. The van der Waals surface area contributed by atoms with E-state index in [1.54, 1.807) is 0 Å². The van der Waals surface area contributed by atoms with Crippen molar-refractivity contribution in [1.29, 1.82) is 0 Å². The van der Waals surface area contributed by atoms with Crippen molar-refractivity contribution >= 4 is 102 Å². The van der Waals surface area contributed by atoms with Crippen molar-refractivity contribution in [1.82, 2.24) is 0 Å². The minimum absolute atomic E-state index is 0.685. The van der Waals surface area contributed by atoms with E-state index >= 15 is 0 Å². The molecular weight excluding hydrogens is 377 g/mol. The van der Waals surface area contributed by atoms with Crippen LogP contribution in [0.5, 0.6) is 0 Å². The van der Waals surface area contributed by atoms with Crippen LogP contribution in [0.15, 0.2) is 0 Å². The molecule has 2 aliphatic heterocycles. The van der Waals surface area contributed by atoms with Gasteiger partial charge in [0.25, 0.3) is 0 Å². The minimum atomic E-state index is 0.685. The van der Waals surface area contributed by atoms with E-state index in [0.717, 1.165) is 7.06 Å². The number of hydrogen-bond donors (Lipinski definition) is 0. The number of thiocarbonyl (C=S) groups is 2. The van der Waals surface area contributed by atoms with Crippen LogP contribution in [-0.2, 0) is 0 Å². The first-order valence-corrected chi connectivity index (χ1v) is 12.4. The van der Waals surface area contributed by atoms with Crippen LogP contribution in [0.3, 0.4) is 0 Å². The first-order valence-electron chi connectivity index (χ1n) is 5.46. The van der Waals surface area contributed by atoms with E-state index in [4.69, 9.17) is 24.4 Å². The third-order valence-corrected chi connectivity index (χ3v) is 13.2. The molecule has 4 atom stereocenters. The highest BCUT2D eigenvalue weighted by Crippen LogP contribution is 2.59. The highest BCUT2D eigenvalue weighted by Gasteiger charge is 2.57. The monoisotopic (exact) mass is 388 g/mol. The number of hydrogen-bond acceptors (Lipinski definition) is 8. The zero-order valence-corrected chi connectivity index (χ0v) is 16.3. The van der Waals surface area contributed by atoms with Gasteiger partial charge >= 0.3 is 0 Å². The lowest BCUT2D eigenvalue weighted by Crippen LogP contribution is -2.53. The Morgan fingerprint density at radius 3 is 1.22 bits per heavy atom. The summed E-state index contributed by atoms with van der Waals surface area (Å²) in [5, 5.41) is 4.13. The average Bonchev–Trinajstić information content (AvgIpc) is 2.87. The zero-order valence-electron chi connectivity index (χ0n) is 9.73. The fraction of sp³-hybridized carbons (Fsp3) is 0.800. The van der Waals surface area contributed by atoms with Crippen LogP contribution in [-0.4, -0.2) is 51.1 Å². The van der Waals surface area contributed by atoms with E-state index in [-0.39, 0.29) is 0 Å². The molecular formula is C10H12S8. The number of thioether (sulfide) groups is 6. The second-order valence-electron chi connectivity index (χ2n) is 4.23. The first-order chi connectivity index (χ1) is 8.65. The smallest absolute Gasteiger partial charge is 0.104 e. The maximum Gasteiger partial charge on any atom is 0.104 e. The number of rotatable bonds is 2. The fourth-order valence-electron chi connectivity index (χ4n) is 2.69. The van der Waals surface area contributed by atoms with Crippen molar-refractivity contribution in [2.45, 2.75) is 31.5 Å². The molecule has 4 unspecified atom stereocenters. The highest BCUT2D eigenvalue weighted by molar-refractivity contribution is 8.51. The zero-order chi connectivity index (χ0) is 12.9. The molecule has 100 valence electrons. The summed E-state index contributed by atoms with van der Waals surface area (Å²) in [5.41, 5.74) is 0. The Morgan fingerprint density at radius 1 is 0.722 bits per heavy atom. The molecule has 2 saturated heterocycles. The van der Waals surface area contributed by atoms with E-state index in [2.05, 4.69) is 12.5 Å². The molecule has 18 heavy (non-hydrogen) atoms. The van der Waals surface area contributed by atoms with Gasteiger partial charge in [0.1, 0.15) is 7.06 Å². The Morgan fingerprint density at radius 2 is 1.00 bits per heavy atom. The average molecular weight is 389 g/mol. The van der Waals surface area contributed by atoms with E-state index in [1.807, 2.05) is 70.6 Å². The molecule has 0 aromatic heterocycles. The fourth-order valence-corrected chi connectivity index (χ4v) is 14.1. The summed E-state index contributed by atoms with van der Waals surface area (Å²) in [6, 6.07) is 0. The van der Waals surface area contributed by atoms with E-state index < -0.39 is 0 Å². The van der Waals surface area contributed by atoms with Crippen LogP contribution in [0.2, 0.25) is 0 Å². The molecule has 8 heteroatoms. The second kappa shape index (κ2) is 6.18. The van der Waals surface area contributed by atoms with Gasteiger partial charge in [-0.15, -0.1) is 47.0 Å². The largest absolute Gasteiger partial charge is 0.160 e. The lowest BCUT2D eigenvalue weighted by Gasteiger charge is -2.43. The lowest BCUT2D eigenvalue weighted by molar-refractivity contribution is 0.586. The summed E-state index contributed by atoms with van der Waals surface area (Å²) >= 11 is 22.7.